The second kappa shape index (κ2) is 4.67. The van der Waals surface area contributed by atoms with Crippen molar-refractivity contribution in [1.29, 1.82) is 0 Å². The molecule has 0 saturated carbocycles. The molecule has 1 aliphatic heterocycles. The van der Waals surface area contributed by atoms with E-state index in [9.17, 15) is 0 Å². The Hall–Kier alpha value is -1.02. The molecule has 0 aliphatic carbocycles. The third-order valence-electron chi connectivity index (χ3n) is 2.72. The van der Waals surface area contributed by atoms with Crippen LogP contribution in [0.2, 0.25) is 0 Å². The summed E-state index contributed by atoms with van der Waals surface area (Å²) in [5.41, 5.74) is 1.31. The Morgan fingerprint density at radius 3 is 2.80 bits per heavy atom. The average molecular weight is 205 g/mol. The first-order chi connectivity index (χ1) is 7.27. The molecule has 1 atom stereocenters. The molecule has 1 heterocycles. The van der Waals surface area contributed by atoms with Crippen LogP contribution in [0.3, 0.4) is 0 Å². The summed E-state index contributed by atoms with van der Waals surface area (Å²) < 4.78 is 5.82. The molecule has 15 heavy (non-hydrogen) atoms. The second-order valence-electron chi connectivity index (χ2n) is 4.35. The molecule has 1 aliphatic rings. The van der Waals surface area contributed by atoms with Crippen LogP contribution in [0.4, 0.5) is 0 Å². The fraction of sp³-hybridized carbons (Fsp3) is 0.538. The van der Waals surface area contributed by atoms with Gasteiger partial charge in [0.15, 0.2) is 0 Å². The molecule has 1 aromatic rings. The Kier molecular flexibility index (Phi) is 3.27. The summed E-state index contributed by atoms with van der Waals surface area (Å²) in [6.45, 7) is 5.26. The van der Waals surface area contributed by atoms with Gasteiger partial charge in [0.25, 0.3) is 0 Å². The zero-order chi connectivity index (χ0) is 10.7. The van der Waals surface area contributed by atoms with Gasteiger partial charge in [-0.05, 0) is 39.3 Å². The number of rotatable bonds is 3. The van der Waals surface area contributed by atoms with Gasteiger partial charge in [-0.1, -0.05) is 18.2 Å². The van der Waals surface area contributed by atoms with Gasteiger partial charge in [0.2, 0.25) is 0 Å². The predicted octanol–water partition coefficient (Wildman–Crippen LogP) is 2.90. The summed E-state index contributed by atoms with van der Waals surface area (Å²) >= 11 is 0. The maximum atomic E-state index is 5.82. The first kappa shape index (κ1) is 10.5. The van der Waals surface area contributed by atoms with Gasteiger partial charge in [0, 0.05) is 11.6 Å². The highest BCUT2D eigenvalue weighted by molar-refractivity contribution is 5.36. The van der Waals surface area contributed by atoms with E-state index in [0.717, 1.165) is 12.3 Å². The third-order valence-corrected chi connectivity index (χ3v) is 2.72. The van der Waals surface area contributed by atoms with Crippen molar-refractivity contribution < 1.29 is 4.74 Å². The smallest absolute Gasteiger partial charge is 0.124 e. The molecular formula is C13H19NO. The summed E-state index contributed by atoms with van der Waals surface area (Å²) in [6, 6.07) is 8.84. The Balaban J connectivity index is 2.20. The molecule has 0 amide bonds. The van der Waals surface area contributed by atoms with Gasteiger partial charge in [-0.25, -0.2) is 0 Å². The molecule has 2 nitrogen and oxygen atoms in total. The van der Waals surface area contributed by atoms with Crippen LogP contribution in [-0.4, -0.2) is 12.6 Å². The van der Waals surface area contributed by atoms with Crippen LogP contribution in [0.25, 0.3) is 0 Å². The molecule has 0 aromatic heterocycles. The summed E-state index contributed by atoms with van der Waals surface area (Å²) in [6.07, 6.45) is 2.73. The lowest BCUT2D eigenvalue weighted by atomic mass is 10.0. The molecule has 2 rings (SSSR count). The Labute approximate surface area is 91.6 Å². The Bertz CT molecular complexity index is 316. The lowest BCUT2D eigenvalue weighted by Crippen LogP contribution is -2.15. The van der Waals surface area contributed by atoms with Crippen LogP contribution in [0.1, 0.15) is 38.3 Å². The average Bonchev–Trinajstić information content (AvgIpc) is 2.70. The first-order valence-corrected chi connectivity index (χ1v) is 5.76. The minimum Gasteiger partial charge on any atom is -0.491 e. The van der Waals surface area contributed by atoms with Crippen LogP contribution in [-0.2, 0) is 0 Å². The van der Waals surface area contributed by atoms with E-state index in [2.05, 4.69) is 37.4 Å². The lowest BCUT2D eigenvalue weighted by molar-refractivity contribution is 0.238. The normalized spacial score (nSPS) is 20.9. The molecule has 1 N–H and O–H groups in total. The van der Waals surface area contributed by atoms with Crippen molar-refractivity contribution in [1.82, 2.24) is 5.32 Å². The summed E-state index contributed by atoms with van der Waals surface area (Å²) in [4.78, 5) is 0. The van der Waals surface area contributed by atoms with Crippen molar-refractivity contribution in [2.24, 2.45) is 0 Å². The van der Waals surface area contributed by atoms with Crippen molar-refractivity contribution in [3.05, 3.63) is 29.8 Å². The molecule has 2 heteroatoms. The number of ether oxygens (including phenoxy) is 1. The molecular weight excluding hydrogens is 186 g/mol. The first-order valence-electron chi connectivity index (χ1n) is 5.76. The van der Waals surface area contributed by atoms with Gasteiger partial charge < -0.3 is 10.1 Å². The van der Waals surface area contributed by atoms with Crippen molar-refractivity contribution in [3.63, 3.8) is 0 Å². The topological polar surface area (TPSA) is 21.3 Å². The molecule has 82 valence electrons. The molecule has 1 saturated heterocycles. The molecule has 1 aromatic carbocycles. The number of hydrogen-bond donors (Lipinski definition) is 1. The van der Waals surface area contributed by atoms with Crippen molar-refractivity contribution in [3.8, 4) is 5.75 Å². The van der Waals surface area contributed by atoms with E-state index in [1.165, 1.54) is 18.4 Å². The highest BCUT2D eigenvalue weighted by Crippen LogP contribution is 2.31. The van der Waals surface area contributed by atoms with E-state index in [1.807, 2.05) is 6.07 Å². The van der Waals surface area contributed by atoms with Gasteiger partial charge in [-0.15, -0.1) is 0 Å². The Morgan fingerprint density at radius 1 is 1.33 bits per heavy atom. The van der Waals surface area contributed by atoms with Crippen molar-refractivity contribution >= 4 is 0 Å². The van der Waals surface area contributed by atoms with Gasteiger partial charge in [0.05, 0.1) is 6.10 Å². The zero-order valence-electron chi connectivity index (χ0n) is 9.49. The van der Waals surface area contributed by atoms with E-state index >= 15 is 0 Å². The molecule has 0 bridgehead atoms. The number of para-hydroxylation sites is 1. The van der Waals surface area contributed by atoms with Gasteiger partial charge in [-0.2, -0.15) is 0 Å². The summed E-state index contributed by atoms with van der Waals surface area (Å²) in [5, 5.41) is 3.51. The number of hydrogen-bond acceptors (Lipinski definition) is 2. The second-order valence-corrected chi connectivity index (χ2v) is 4.35. The summed E-state index contributed by atoms with van der Waals surface area (Å²) in [5.74, 6) is 1.03. The predicted molar refractivity (Wildman–Crippen MR) is 62.2 cm³/mol. The zero-order valence-corrected chi connectivity index (χ0v) is 9.49. The molecule has 1 unspecified atom stereocenters. The third kappa shape index (κ3) is 2.51. The van der Waals surface area contributed by atoms with Crippen LogP contribution in [0.15, 0.2) is 24.3 Å². The standard InChI is InChI=1S/C13H19NO/c1-10(2)15-13-8-4-3-6-11(13)12-7-5-9-14-12/h3-4,6,8,10,12,14H,5,7,9H2,1-2H3. The molecule has 0 spiro atoms. The minimum absolute atomic E-state index is 0.243. The van der Waals surface area contributed by atoms with Crippen LogP contribution in [0, 0.1) is 0 Å². The van der Waals surface area contributed by atoms with E-state index < -0.39 is 0 Å². The maximum Gasteiger partial charge on any atom is 0.124 e. The SMILES string of the molecule is CC(C)Oc1ccccc1C1CCCN1. The van der Waals surface area contributed by atoms with Gasteiger partial charge in [0.1, 0.15) is 5.75 Å². The van der Waals surface area contributed by atoms with E-state index in [4.69, 9.17) is 4.74 Å². The van der Waals surface area contributed by atoms with Crippen LogP contribution in [0.5, 0.6) is 5.75 Å². The van der Waals surface area contributed by atoms with E-state index in [-0.39, 0.29) is 6.10 Å². The lowest BCUT2D eigenvalue weighted by Gasteiger charge is -2.18. The quantitative estimate of drug-likeness (QED) is 0.819. The number of nitrogens with one attached hydrogen (secondary N) is 1. The van der Waals surface area contributed by atoms with Crippen molar-refractivity contribution in [2.45, 2.75) is 38.8 Å². The monoisotopic (exact) mass is 205 g/mol. The fourth-order valence-corrected chi connectivity index (χ4v) is 2.08. The molecule has 0 radical (unpaired) electrons. The van der Waals surface area contributed by atoms with Crippen molar-refractivity contribution in [2.75, 3.05) is 6.54 Å². The Morgan fingerprint density at radius 2 is 2.13 bits per heavy atom. The minimum atomic E-state index is 0.243. The van der Waals surface area contributed by atoms with Crippen LogP contribution < -0.4 is 10.1 Å². The van der Waals surface area contributed by atoms with E-state index in [0.29, 0.717) is 6.04 Å². The van der Waals surface area contributed by atoms with Gasteiger partial charge in [-0.3, -0.25) is 0 Å². The number of benzene rings is 1. The highest BCUT2D eigenvalue weighted by atomic mass is 16.5. The highest BCUT2D eigenvalue weighted by Gasteiger charge is 2.19. The largest absolute Gasteiger partial charge is 0.491 e. The van der Waals surface area contributed by atoms with Gasteiger partial charge >= 0.3 is 0 Å². The maximum absolute atomic E-state index is 5.82. The molecule has 1 fully saturated rings. The summed E-state index contributed by atoms with van der Waals surface area (Å²) in [7, 11) is 0. The van der Waals surface area contributed by atoms with Crippen LogP contribution >= 0.6 is 0 Å². The fourth-order valence-electron chi connectivity index (χ4n) is 2.08. The van der Waals surface area contributed by atoms with E-state index in [1.54, 1.807) is 0 Å².